The molecular weight excluding hydrogens is 247 g/mol. The maximum atomic E-state index is 12.9. The third kappa shape index (κ3) is 2.98. The Labute approximate surface area is 92.4 Å². The summed E-state index contributed by atoms with van der Waals surface area (Å²) in [5.74, 6) is 0.313. The van der Waals surface area contributed by atoms with Crippen LogP contribution < -0.4 is 4.74 Å². The van der Waals surface area contributed by atoms with Gasteiger partial charge in [-0.25, -0.2) is 4.39 Å². The van der Waals surface area contributed by atoms with Gasteiger partial charge in [-0.1, -0.05) is 13.8 Å². The molecule has 0 aromatic heterocycles. The number of rotatable bonds is 4. The number of benzene rings is 1. The summed E-state index contributed by atoms with van der Waals surface area (Å²) in [5.41, 5.74) is 0. The molecule has 0 radical (unpaired) electrons. The Hall–Kier alpha value is -0.570. The summed E-state index contributed by atoms with van der Waals surface area (Å²) in [6, 6.07) is 4.47. The van der Waals surface area contributed by atoms with Crippen LogP contribution in [-0.4, -0.2) is 6.10 Å². The van der Waals surface area contributed by atoms with Gasteiger partial charge in [-0.3, -0.25) is 0 Å². The highest BCUT2D eigenvalue weighted by atomic mass is 79.9. The summed E-state index contributed by atoms with van der Waals surface area (Å²) in [6.07, 6.45) is 2.02. The molecule has 0 spiro atoms. The van der Waals surface area contributed by atoms with Gasteiger partial charge in [0.15, 0.2) is 0 Å². The van der Waals surface area contributed by atoms with E-state index in [1.165, 1.54) is 12.1 Å². The van der Waals surface area contributed by atoms with Crippen molar-refractivity contribution in [2.75, 3.05) is 0 Å². The first-order valence-electron chi connectivity index (χ1n) is 4.79. The summed E-state index contributed by atoms with van der Waals surface area (Å²) in [7, 11) is 0. The summed E-state index contributed by atoms with van der Waals surface area (Å²) in [5, 5.41) is 0. The van der Waals surface area contributed by atoms with Gasteiger partial charge in [0.1, 0.15) is 11.6 Å². The maximum absolute atomic E-state index is 12.9. The quantitative estimate of drug-likeness (QED) is 0.790. The fourth-order valence-electron chi connectivity index (χ4n) is 1.20. The fourth-order valence-corrected chi connectivity index (χ4v) is 1.54. The highest BCUT2D eigenvalue weighted by Gasteiger charge is 2.08. The van der Waals surface area contributed by atoms with Crippen LogP contribution >= 0.6 is 15.9 Å². The van der Waals surface area contributed by atoms with Gasteiger partial charge in [-0.15, -0.1) is 0 Å². The van der Waals surface area contributed by atoms with E-state index in [9.17, 15) is 4.39 Å². The van der Waals surface area contributed by atoms with E-state index in [4.69, 9.17) is 4.74 Å². The molecule has 14 heavy (non-hydrogen) atoms. The summed E-state index contributed by atoms with van der Waals surface area (Å²) < 4.78 is 19.3. The van der Waals surface area contributed by atoms with Crippen molar-refractivity contribution in [2.45, 2.75) is 32.8 Å². The van der Waals surface area contributed by atoms with Crippen LogP contribution in [0, 0.1) is 5.82 Å². The minimum atomic E-state index is -0.269. The molecule has 1 nitrogen and oxygen atoms in total. The highest BCUT2D eigenvalue weighted by molar-refractivity contribution is 9.10. The van der Waals surface area contributed by atoms with Crippen LogP contribution in [0.2, 0.25) is 0 Å². The molecule has 1 aromatic rings. The third-order valence-corrected chi connectivity index (χ3v) is 2.75. The largest absolute Gasteiger partial charge is 0.489 e. The Morgan fingerprint density at radius 2 is 2.00 bits per heavy atom. The molecule has 0 aliphatic heterocycles. The van der Waals surface area contributed by atoms with E-state index < -0.39 is 0 Å². The summed E-state index contributed by atoms with van der Waals surface area (Å²) in [6.45, 7) is 4.11. The molecule has 1 rings (SSSR count). The van der Waals surface area contributed by atoms with Crippen molar-refractivity contribution in [3.63, 3.8) is 0 Å². The predicted octanol–water partition coefficient (Wildman–Crippen LogP) is 4.16. The topological polar surface area (TPSA) is 9.23 Å². The average molecular weight is 261 g/mol. The molecule has 0 atom stereocenters. The Kier molecular flexibility index (Phi) is 4.39. The number of ether oxygens (including phenoxy) is 1. The molecule has 0 saturated carbocycles. The lowest BCUT2D eigenvalue weighted by Crippen LogP contribution is -2.13. The van der Waals surface area contributed by atoms with E-state index >= 15 is 0 Å². The predicted molar refractivity (Wildman–Crippen MR) is 59.1 cm³/mol. The zero-order valence-electron chi connectivity index (χ0n) is 8.39. The molecule has 0 bridgehead atoms. The van der Waals surface area contributed by atoms with Crippen LogP contribution in [-0.2, 0) is 0 Å². The lowest BCUT2D eigenvalue weighted by atomic mass is 10.2. The van der Waals surface area contributed by atoms with Gasteiger partial charge in [0.25, 0.3) is 0 Å². The molecule has 1 aromatic carbocycles. The van der Waals surface area contributed by atoms with Crippen molar-refractivity contribution in [1.29, 1.82) is 0 Å². The molecule has 0 heterocycles. The first-order valence-corrected chi connectivity index (χ1v) is 5.58. The Morgan fingerprint density at radius 3 is 2.57 bits per heavy atom. The maximum Gasteiger partial charge on any atom is 0.136 e. The molecule has 0 amide bonds. The molecule has 78 valence electrons. The van der Waals surface area contributed by atoms with Crippen LogP contribution in [0.3, 0.4) is 0 Å². The first-order chi connectivity index (χ1) is 6.67. The van der Waals surface area contributed by atoms with Crippen molar-refractivity contribution in [1.82, 2.24) is 0 Å². The Morgan fingerprint density at radius 1 is 1.36 bits per heavy atom. The second-order valence-corrected chi connectivity index (χ2v) is 3.99. The van der Waals surface area contributed by atoms with E-state index in [0.29, 0.717) is 5.75 Å². The van der Waals surface area contributed by atoms with Gasteiger partial charge in [0, 0.05) is 6.07 Å². The number of halogens is 2. The smallest absolute Gasteiger partial charge is 0.136 e. The van der Waals surface area contributed by atoms with E-state index in [2.05, 4.69) is 29.8 Å². The lowest BCUT2D eigenvalue weighted by Gasteiger charge is -2.16. The van der Waals surface area contributed by atoms with Gasteiger partial charge in [0.05, 0.1) is 10.6 Å². The normalized spacial score (nSPS) is 10.6. The highest BCUT2D eigenvalue weighted by Crippen LogP contribution is 2.27. The van der Waals surface area contributed by atoms with E-state index in [0.717, 1.165) is 17.3 Å². The fraction of sp³-hybridized carbons (Fsp3) is 0.455. The molecule has 0 fully saturated rings. The van der Waals surface area contributed by atoms with E-state index in [1.807, 2.05) is 0 Å². The second kappa shape index (κ2) is 5.35. The lowest BCUT2D eigenvalue weighted by molar-refractivity contribution is 0.191. The van der Waals surface area contributed by atoms with Gasteiger partial charge in [-0.2, -0.15) is 0 Å². The molecule has 0 aliphatic carbocycles. The van der Waals surface area contributed by atoms with Crippen molar-refractivity contribution < 1.29 is 9.13 Å². The number of hydrogen-bond donors (Lipinski definition) is 0. The van der Waals surface area contributed by atoms with E-state index in [-0.39, 0.29) is 11.9 Å². The molecule has 0 unspecified atom stereocenters. The minimum absolute atomic E-state index is 0.160. The SMILES string of the molecule is CCC(CC)Oc1cc(F)ccc1Br. The molecule has 0 aliphatic rings. The van der Waals surface area contributed by atoms with Crippen LogP contribution in [0.5, 0.6) is 5.75 Å². The zero-order chi connectivity index (χ0) is 10.6. The Balaban J connectivity index is 2.79. The van der Waals surface area contributed by atoms with Gasteiger partial charge < -0.3 is 4.74 Å². The average Bonchev–Trinajstić information content (AvgIpc) is 2.19. The van der Waals surface area contributed by atoms with Crippen molar-refractivity contribution in [3.05, 3.63) is 28.5 Å². The zero-order valence-corrected chi connectivity index (χ0v) is 9.97. The van der Waals surface area contributed by atoms with Gasteiger partial charge in [0.2, 0.25) is 0 Å². The van der Waals surface area contributed by atoms with Crippen molar-refractivity contribution >= 4 is 15.9 Å². The van der Waals surface area contributed by atoms with Crippen molar-refractivity contribution in [3.8, 4) is 5.75 Å². The van der Waals surface area contributed by atoms with Gasteiger partial charge in [-0.05, 0) is 40.9 Å². The Bertz CT molecular complexity index is 297. The van der Waals surface area contributed by atoms with Crippen LogP contribution in [0.4, 0.5) is 4.39 Å². The first kappa shape index (κ1) is 11.5. The summed E-state index contributed by atoms with van der Waals surface area (Å²) in [4.78, 5) is 0. The van der Waals surface area contributed by atoms with Crippen LogP contribution in [0.15, 0.2) is 22.7 Å². The minimum Gasteiger partial charge on any atom is -0.489 e. The number of hydrogen-bond acceptors (Lipinski definition) is 1. The monoisotopic (exact) mass is 260 g/mol. The molecule has 0 N–H and O–H groups in total. The molecular formula is C11H14BrFO. The van der Waals surface area contributed by atoms with Crippen LogP contribution in [0.1, 0.15) is 26.7 Å². The molecule has 3 heteroatoms. The third-order valence-electron chi connectivity index (χ3n) is 2.10. The summed E-state index contributed by atoms with van der Waals surface area (Å²) >= 11 is 3.33. The van der Waals surface area contributed by atoms with E-state index in [1.54, 1.807) is 6.07 Å². The standard InChI is InChI=1S/C11H14BrFO/c1-3-9(4-2)14-11-7-8(13)5-6-10(11)12/h5-7,9H,3-4H2,1-2H3. The van der Waals surface area contributed by atoms with Gasteiger partial charge >= 0.3 is 0 Å². The van der Waals surface area contributed by atoms with Crippen LogP contribution in [0.25, 0.3) is 0 Å². The molecule has 0 saturated heterocycles. The second-order valence-electron chi connectivity index (χ2n) is 3.13. The van der Waals surface area contributed by atoms with Crippen molar-refractivity contribution in [2.24, 2.45) is 0 Å².